The van der Waals surface area contributed by atoms with E-state index in [0.29, 0.717) is 11.8 Å². The van der Waals surface area contributed by atoms with Crippen molar-refractivity contribution in [2.75, 3.05) is 0 Å². The van der Waals surface area contributed by atoms with Gasteiger partial charge in [0.2, 0.25) is 11.8 Å². The van der Waals surface area contributed by atoms with Crippen molar-refractivity contribution in [3.63, 3.8) is 0 Å². The lowest BCUT2D eigenvalue weighted by atomic mass is 9.81. The molecule has 14 aromatic rings. The van der Waals surface area contributed by atoms with E-state index in [1.807, 2.05) is 48.5 Å². The molecule has 82 heavy (non-hydrogen) atoms. The highest BCUT2D eigenvalue weighted by molar-refractivity contribution is 6.04. The minimum Gasteiger partial charge on any atom is -0.436 e. The van der Waals surface area contributed by atoms with Gasteiger partial charge < -0.3 is 8.83 Å². The number of benzene rings is 11. The molecule has 0 spiro atoms. The highest BCUT2D eigenvalue weighted by Gasteiger charge is 2.37. The Morgan fingerprint density at radius 2 is 0.561 bits per heavy atom. The average Bonchev–Trinajstić information content (AvgIpc) is 4.47. The van der Waals surface area contributed by atoms with Gasteiger partial charge in [0.1, 0.15) is 11.0 Å². The van der Waals surface area contributed by atoms with Gasteiger partial charge in [0.15, 0.2) is 11.2 Å². The zero-order valence-corrected chi connectivity index (χ0v) is 45.7. The fraction of sp³-hybridized carbons (Fsp3) is 0.0789. The van der Waals surface area contributed by atoms with Crippen LogP contribution in [0.3, 0.4) is 0 Å². The van der Waals surface area contributed by atoms with Gasteiger partial charge in [-0.2, -0.15) is 0 Å². The molecule has 388 valence electrons. The van der Waals surface area contributed by atoms with Crippen molar-refractivity contribution in [3.05, 3.63) is 265 Å². The third-order valence-electron chi connectivity index (χ3n) is 17.4. The van der Waals surface area contributed by atoms with Crippen LogP contribution in [0.25, 0.3) is 145 Å². The molecule has 0 radical (unpaired) electrons. The SMILES string of the molecule is CC1(C)c2ccccc2-c2ccc(-c3ccc(-c4ccc5c(c4)C(C)(C)c4ccccc4-5)c4nc(-c5ccc(-c6ccc(-c7nc8ccccc8o7)cc6)cc5)c(-c5ccc(-c6ccc(-c7nc8ccccc8o7)cc6)cc5)nc34)cc21. The molecule has 3 aromatic heterocycles. The van der Waals surface area contributed by atoms with Gasteiger partial charge in [0, 0.05) is 44.2 Å². The average molecular weight is 1050 g/mol. The molecule has 0 atom stereocenters. The molecule has 0 saturated carbocycles. The number of para-hydroxylation sites is 4. The summed E-state index contributed by atoms with van der Waals surface area (Å²) in [5, 5.41) is 0. The van der Waals surface area contributed by atoms with Crippen LogP contribution in [0.1, 0.15) is 49.9 Å². The van der Waals surface area contributed by atoms with E-state index in [-0.39, 0.29) is 10.8 Å². The van der Waals surface area contributed by atoms with Crippen LogP contribution < -0.4 is 0 Å². The maximum Gasteiger partial charge on any atom is 0.227 e. The zero-order chi connectivity index (χ0) is 54.8. The van der Waals surface area contributed by atoms with Crippen LogP contribution in [0.2, 0.25) is 0 Å². The molecule has 6 nitrogen and oxygen atoms in total. The third-order valence-corrected chi connectivity index (χ3v) is 17.4. The van der Waals surface area contributed by atoms with Gasteiger partial charge in [-0.15, -0.1) is 0 Å². The van der Waals surface area contributed by atoms with Gasteiger partial charge in [-0.3, -0.25) is 0 Å². The fourth-order valence-electron chi connectivity index (χ4n) is 13.0. The second kappa shape index (κ2) is 18.1. The first-order valence-corrected chi connectivity index (χ1v) is 28.1. The molecule has 0 saturated heterocycles. The molecule has 3 heterocycles. The molecule has 6 heteroatoms. The van der Waals surface area contributed by atoms with Gasteiger partial charge in [0.25, 0.3) is 0 Å². The van der Waals surface area contributed by atoms with Gasteiger partial charge >= 0.3 is 0 Å². The van der Waals surface area contributed by atoms with E-state index in [1.54, 1.807) is 0 Å². The highest BCUT2D eigenvalue weighted by Crippen LogP contribution is 2.52. The number of oxazole rings is 2. The Labute approximate surface area is 475 Å². The summed E-state index contributed by atoms with van der Waals surface area (Å²) in [6.07, 6.45) is 0. The quantitative estimate of drug-likeness (QED) is 0.151. The Kier molecular flexibility index (Phi) is 10.5. The molecule has 16 rings (SSSR count). The number of rotatable bonds is 8. The standard InChI is InChI=1S/C76H52N4O2/c1-75(2)61-15-7-5-13-57(61)59-39-37-53(43-63(59)75)55-41-42-56(54-38-40-60-58-14-6-8-16-62(58)76(3,4)64(60)44-54)72-71(55)79-69(49-29-21-45(22-30-49)47-25-33-51(34-26-47)73-77-65-17-9-11-19-67(65)81-73)70(80-72)50-31-23-46(24-32-50)48-27-35-52(36-28-48)74-78-66-18-10-12-20-68(66)82-74/h5-44H,1-4H3. The van der Waals surface area contributed by atoms with E-state index < -0.39 is 0 Å². The monoisotopic (exact) mass is 1050 g/mol. The lowest BCUT2D eigenvalue weighted by molar-refractivity contribution is 0.619. The maximum atomic E-state index is 6.12. The van der Waals surface area contributed by atoms with E-state index in [9.17, 15) is 0 Å². The van der Waals surface area contributed by atoms with Gasteiger partial charge in [0.05, 0.1) is 22.4 Å². The summed E-state index contributed by atoms with van der Waals surface area (Å²) in [4.78, 5) is 21.3. The smallest absolute Gasteiger partial charge is 0.227 e. The first kappa shape index (κ1) is 47.7. The molecule has 0 amide bonds. The summed E-state index contributed by atoms with van der Waals surface area (Å²) in [7, 11) is 0. The second-order valence-corrected chi connectivity index (χ2v) is 22.9. The van der Waals surface area contributed by atoms with Crippen LogP contribution in [-0.2, 0) is 10.8 Å². The van der Waals surface area contributed by atoms with E-state index in [0.717, 1.165) is 111 Å². The van der Waals surface area contributed by atoms with Crippen molar-refractivity contribution in [1.29, 1.82) is 0 Å². The zero-order valence-electron chi connectivity index (χ0n) is 45.7. The number of fused-ring (bicyclic) bond motifs is 9. The van der Waals surface area contributed by atoms with Gasteiger partial charge in [-0.05, 0) is 139 Å². The summed E-state index contributed by atoms with van der Waals surface area (Å²) in [6, 6.07) is 86.3. The number of aromatic nitrogens is 4. The molecule has 0 aliphatic heterocycles. The van der Waals surface area contributed by atoms with Crippen LogP contribution in [0.4, 0.5) is 0 Å². The minimum absolute atomic E-state index is 0.178. The van der Waals surface area contributed by atoms with Crippen LogP contribution in [0.15, 0.2) is 251 Å². The Morgan fingerprint density at radius 3 is 0.951 bits per heavy atom. The summed E-state index contributed by atoms with van der Waals surface area (Å²) in [5.74, 6) is 1.21. The molecule has 0 fully saturated rings. The lowest BCUT2D eigenvalue weighted by Gasteiger charge is -2.23. The molecular formula is C76H52N4O2. The fourth-order valence-corrected chi connectivity index (χ4v) is 13.0. The third kappa shape index (κ3) is 7.55. The van der Waals surface area contributed by atoms with Gasteiger partial charge in [-0.25, -0.2) is 19.9 Å². The van der Waals surface area contributed by atoms with Crippen molar-refractivity contribution in [3.8, 4) is 112 Å². The maximum absolute atomic E-state index is 6.12. The topological polar surface area (TPSA) is 77.8 Å². The van der Waals surface area contributed by atoms with Gasteiger partial charge in [-0.1, -0.05) is 210 Å². The first-order chi connectivity index (χ1) is 40.1. The van der Waals surface area contributed by atoms with Crippen molar-refractivity contribution in [2.45, 2.75) is 38.5 Å². The van der Waals surface area contributed by atoms with E-state index in [1.165, 1.54) is 44.5 Å². The number of nitrogens with zero attached hydrogens (tertiary/aromatic N) is 4. The predicted octanol–water partition coefficient (Wildman–Crippen LogP) is 19.9. The Morgan fingerprint density at radius 1 is 0.256 bits per heavy atom. The molecule has 0 unspecified atom stereocenters. The Balaban J connectivity index is 0.855. The van der Waals surface area contributed by atoms with Crippen LogP contribution >= 0.6 is 0 Å². The first-order valence-electron chi connectivity index (χ1n) is 28.1. The molecular weight excluding hydrogens is 1000 g/mol. The van der Waals surface area contributed by atoms with Crippen molar-refractivity contribution >= 4 is 33.2 Å². The highest BCUT2D eigenvalue weighted by atomic mass is 16.4. The second-order valence-electron chi connectivity index (χ2n) is 22.9. The predicted molar refractivity (Wildman–Crippen MR) is 333 cm³/mol. The number of hydrogen-bond donors (Lipinski definition) is 0. The largest absolute Gasteiger partial charge is 0.436 e. The normalized spacial score (nSPS) is 13.6. The van der Waals surface area contributed by atoms with E-state index in [4.69, 9.17) is 28.8 Å². The van der Waals surface area contributed by atoms with Crippen molar-refractivity contribution < 1.29 is 8.83 Å². The Bertz CT molecular complexity index is 4510. The van der Waals surface area contributed by atoms with Crippen LogP contribution in [-0.4, -0.2) is 19.9 Å². The summed E-state index contributed by atoms with van der Waals surface area (Å²) in [6.45, 7) is 9.38. The molecule has 0 N–H and O–H groups in total. The molecule has 2 aliphatic carbocycles. The molecule has 2 aliphatic rings. The summed E-state index contributed by atoms with van der Waals surface area (Å²) < 4.78 is 12.2. The van der Waals surface area contributed by atoms with E-state index in [2.05, 4.69) is 222 Å². The summed E-state index contributed by atoms with van der Waals surface area (Å²) >= 11 is 0. The molecule has 0 bridgehead atoms. The van der Waals surface area contributed by atoms with Crippen molar-refractivity contribution in [1.82, 2.24) is 19.9 Å². The Hall–Kier alpha value is -10.3. The molecule has 11 aromatic carbocycles. The van der Waals surface area contributed by atoms with E-state index >= 15 is 0 Å². The van der Waals surface area contributed by atoms with Crippen molar-refractivity contribution in [2.24, 2.45) is 0 Å². The summed E-state index contributed by atoms with van der Waals surface area (Å²) in [5.41, 5.74) is 29.1. The minimum atomic E-state index is -0.178. The van der Waals surface area contributed by atoms with Crippen LogP contribution in [0, 0.1) is 0 Å². The van der Waals surface area contributed by atoms with Crippen LogP contribution in [0.5, 0.6) is 0 Å². The lowest BCUT2D eigenvalue weighted by Crippen LogP contribution is -2.15. The number of hydrogen-bond acceptors (Lipinski definition) is 6.